The molecule has 0 aliphatic rings. The Morgan fingerprint density at radius 2 is 1.94 bits per heavy atom. The number of rotatable bonds is 3. The van der Waals surface area contributed by atoms with Gasteiger partial charge in [0.25, 0.3) is 0 Å². The van der Waals surface area contributed by atoms with E-state index in [9.17, 15) is 0 Å². The smallest absolute Gasteiger partial charge is 0.0719 e. The standard InChI is InChI=1S/C15H23N3/c1-5-18-13-9-7-6-8-11(13)12(17-18)10-14(16)15(2,3)4/h6-9,14H,5,10,16H2,1-4H3. The van der Waals surface area contributed by atoms with E-state index < -0.39 is 0 Å². The molecule has 2 aromatic rings. The van der Waals surface area contributed by atoms with Crippen LogP contribution in [0, 0.1) is 5.41 Å². The monoisotopic (exact) mass is 245 g/mol. The number of fused-ring (bicyclic) bond motifs is 1. The van der Waals surface area contributed by atoms with Gasteiger partial charge < -0.3 is 5.73 Å². The molecule has 0 fully saturated rings. The first kappa shape index (κ1) is 13.1. The highest BCUT2D eigenvalue weighted by Crippen LogP contribution is 2.24. The summed E-state index contributed by atoms with van der Waals surface area (Å²) in [6.45, 7) is 9.54. The van der Waals surface area contributed by atoms with Gasteiger partial charge in [0.05, 0.1) is 11.2 Å². The largest absolute Gasteiger partial charge is 0.327 e. The lowest BCUT2D eigenvalue weighted by Crippen LogP contribution is -2.37. The van der Waals surface area contributed by atoms with Gasteiger partial charge in [-0.2, -0.15) is 5.10 Å². The van der Waals surface area contributed by atoms with E-state index in [0.29, 0.717) is 0 Å². The van der Waals surface area contributed by atoms with Gasteiger partial charge in [0, 0.05) is 24.4 Å². The van der Waals surface area contributed by atoms with Crippen molar-refractivity contribution in [2.75, 3.05) is 0 Å². The van der Waals surface area contributed by atoms with E-state index in [1.165, 1.54) is 10.9 Å². The van der Waals surface area contributed by atoms with E-state index in [-0.39, 0.29) is 11.5 Å². The summed E-state index contributed by atoms with van der Waals surface area (Å²) in [5.41, 5.74) is 8.71. The van der Waals surface area contributed by atoms with Gasteiger partial charge in [-0.3, -0.25) is 4.68 Å². The van der Waals surface area contributed by atoms with Crippen molar-refractivity contribution < 1.29 is 0 Å². The first-order chi connectivity index (χ1) is 8.43. The Kier molecular flexibility index (Phi) is 3.44. The van der Waals surface area contributed by atoms with Crippen molar-refractivity contribution in [1.29, 1.82) is 0 Å². The molecule has 1 unspecified atom stereocenters. The summed E-state index contributed by atoms with van der Waals surface area (Å²) in [5, 5.41) is 5.93. The zero-order chi connectivity index (χ0) is 13.3. The summed E-state index contributed by atoms with van der Waals surface area (Å²) < 4.78 is 2.06. The lowest BCUT2D eigenvalue weighted by Gasteiger charge is -2.26. The van der Waals surface area contributed by atoms with Crippen LogP contribution in [0.1, 0.15) is 33.4 Å². The van der Waals surface area contributed by atoms with Crippen LogP contribution in [-0.2, 0) is 13.0 Å². The van der Waals surface area contributed by atoms with E-state index in [1.54, 1.807) is 0 Å². The zero-order valence-corrected chi connectivity index (χ0v) is 11.8. The molecule has 0 saturated carbocycles. The molecule has 0 aliphatic carbocycles. The normalized spacial score (nSPS) is 14.1. The fourth-order valence-electron chi connectivity index (χ4n) is 2.10. The van der Waals surface area contributed by atoms with E-state index in [1.807, 2.05) is 0 Å². The van der Waals surface area contributed by atoms with Crippen molar-refractivity contribution in [3.63, 3.8) is 0 Å². The van der Waals surface area contributed by atoms with Crippen LogP contribution in [0.2, 0.25) is 0 Å². The van der Waals surface area contributed by atoms with E-state index >= 15 is 0 Å². The maximum Gasteiger partial charge on any atom is 0.0719 e. The molecule has 1 heterocycles. The summed E-state index contributed by atoms with van der Waals surface area (Å²) in [7, 11) is 0. The third-order valence-electron chi connectivity index (χ3n) is 3.56. The Bertz CT molecular complexity index is 534. The molecule has 0 aliphatic heterocycles. The third kappa shape index (κ3) is 2.41. The summed E-state index contributed by atoms with van der Waals surface area (Å²) in [6, 6.07) is 8.51. The molecular weight excluding hydrogens is 222 g/mol. The van der Waals surface area contributed by atoms with E-state index in [2.05, 4.69) is 56.6 Å². The van der Waals surface area contributed by atoms with Crippen LogP contribution in [-0.4, -0.2) is 15.8 Å². The van der Waals surface area contributed by atoms with E-state index in [0.717, 1.165) is 18.7 Å². The van der Waals surface area contributed by atoms with Crippen LogP contribution in [0.5, 0.6) is 0 Å². The number of hydrogen-bond donors (Lipinski definition) is 1. The highest BCUT2D eigenvalue weighted by Gasteiger charge is 2.23. The summed E-state index contributed by atoms with van der Waals surface area (Å²) in [6.07, 6.45) is 0.830. The second kappa shape index (κ2) is 4.73. The molecule has 98 valence electrons. The maximum absolute atomic E-state index is 6.28. The Labute approximate surface area is 109 Å². The number of nitrogens with zero attached hydrogens (tertiary/aromatic N) is 2. The predicted molar refractivity (Wildman–Crippen MR) is 76.5 cm³/mol. The molecule has 0 amide bonds. The topological polar surface area (TPSA) is 43.8 Å². The lowest BCUT2D eigenvalue weighted by atomic mass is 9.84. The van der Waals surface area contributed by atoms with Gasteiger partial charge in [0.1, 0.15) is 0 Å². The first-order valence-electron chi connectivity index (χ1n) is 6.63. The number of nitrogens with two attached hydrogens (primary N) is 1. The zero-order valence-electron chi connectivity index (χ0n) is 11.8. The lowest BCUT2D eigenvalue weighted by molar-refractivity contribution is 0.316. The fraction of sp³-hybridized carbons (Fsp3) is 0.533. The number of benzene rings is 1. The summed E-state index contributed by atoms with van der Waals surface area (Å²) >= 11 is 0. The molecular formula is C15H23N3. The molecule has 0 spiro atoms. The number of para-hydroxylation sites is 1. The summed E-state index contributed by atoms with van der Waals surface area (Å²) in [4.78, 5) is 0. The second-order valence-corrected chi connectivity index (χ2v) is 5.96. The molecule has 0 radical (unpaired) electrons. The minimum absolute atomic E-state index is 0.108. The minimum Gasteiger partial charge on any atom is -0.327 e. The third-order valence-corrected chi connectivity index (χ3v) is 3.56. The number of aromatic nitrogens is 2. The van der Waals surface area contributed by atoms with Crippen molar-refractivity contribution in [3.05, 3.63) is 30.0 Å². The van der Waals surface area contributed by atoms with Crippen LogP contribution in [0.15, 0.2) is 24.3 Å². The molecule has 0 bridgehead atoms. The Hall–Kier alpha value is -1.35. The first-order valence-corrected chi connectivity index (χ1v) is 6.63. The highest BCUT2D eigenvalue weighted by atomic mass is 15.3. The second-order valence-electron chi connectivity index (χ2n) is 5.96. The van der Waals surface area contributed by atoms with Crippen molar-refractivity contribution >= 4 is 10.9 Å². The SMILES string of the molecule is CCn1nc(CC(N)C(C)(C)C)c2ccccc21. The van der Waals surface area contributed by atoms with Gasteiger partial charge in [-0.15, -0.1) is 0 Å². The van der Waals surface area contributed by atoms with Gasteiger partial charge in [0.15, 0.2) is 0 Å². The number of hydrogen-bond acceptors (Lipinski definition) is 2. The fourth-order valence-corrected chi connectivity index (χ4v) is 2.10. The average Bonchev–Trinajstić information content (AvgIpc) is 2.67. The van der Waals surface area contributed by atoms with Crippen molar-refractivity contribution in [2.45, 2.75) is 46.7 Å². The Morgan fingerprint density at radius 3 is 2.56 bits per heavy atom. The molecule has 18 heavy (non-hydrogen) atoms. The van der Waals surface area contributed by atoms with Crippen LogP contribution in [0.4, 0.5) is 0 Å². The maximum atomic E-state index is 6.28. The molecule has 2 N–H and O–H groups in total. The minimum atomic E-state index is 0.108. The van der Waals surface area contributed by atoms with E-state index in [4.69, 9.17) is 10.8 Å². The van der Waals surface area contributed by atoms with Gasteiger partial charge in [-0.1, -0.05) is 39.0 Å². The highest BCUT2D eigenvalue weighted by molar-refractivity contribution is 5.82. The molecule has 3 heteroatoms. The van der Waals surface area contributed by atoms with Crippen molar-refractivity contribution in [1.82, 2.24) is 9.78 Å². The van der Waals surface area contributed by atoms with Crippen LogP contribution in [0.25, 0.3) is 10.9 Å². The Morgan fingerprint density at radius 1 is 1.28 bits per heavy atom. The molecule has 3 nitrogen and oxygen atoms in total. The molecule has 2 rings (SSSR count). The van der Waals surface area contributed by atoms with Gasteiger partial charge in [0.2, 0.25) is 0 Å². The van der Waals surface area contributed by atoms with Gasteiger partial charge >= 0.3 is 0 Å². The van der Waals surface area contributed by atoms with Gasteiger partial charge in [-0.25, -0.2) is 0 Å². The van der Waals surface area contributed by atoms with Crippen molar-refractivity contribution in [3.8, 4) is 0 Å². The Balaban J connectivity index is 2.40. The average molecular weight is 245 g/mol. The molecule has 1 aromatic carbocycles. The predicted octanol–water partition coefficient (Wildman–Crippen LogP) is 2.97. The van der Waals surface area contributed by atoms with Crippen molar-refractivity contribution in [2.24, 2.45) is 11.1 Å². The molecule has 1 atom stereocenters. The summed E-state index contributed by atoms with van der Waals surface area (Å²) in [5.74, 6) is 0. The van der Waals surface area contributed by atoms with Crippen LogP contribution < -0.4 is 5.73 Å². The number of aryl methyl sites for hydroxylation is 1. The molecule has 1 aromatic heterocycles. The van der Waals surface area contributed by atoms with Crippen LogP contribution >= 0.6 is 0 Å². The van der Waals surface area contributed by atoms with Crippen LogP contribution in [0.3, 0.4) is 0 Å². The van der Waals surface area contributed by atoms with Gasteiger partial charge in [-0.05, 0) is 18.4 Å². The quantitative estimate of drug-likeness (QED) is 0.903. The molecule has 0 saturated heterocycles.